The quantitative estimate of drug-likeness (QED) is 0.870. The van der Waals surface area contributed by atoms with Crippen LogP contribution in [0.2, 0.25) is 0 Å². The molecular formula is C13H13BrN2O3. The Morgan fingerprint density at radius 2 is 2.00 bits per heavy atom. The van der Waals surface area contributed by atoms with Crippen molar-refractivity contribution in [1.29, 1.82) is 0 Å². The molecule has 2 heterocycles. The smallest absolute Gasteiger partial charge is 0.329 e. The van der Waals surface area contributed by atoms with Gasteiger partial charge in [0.2, 0.25) is 0 Å². The fourth-order valence-corrected chi connectivity index (χ4v) is 2.96. The number of rotatable bonds is 1. The molecule has 6 heteroatoms. The summed E-state index contributed by atoms with van der Waals surface area (Å²) in [4.78, 5) is 27.4. The monoisotopic (exact) mass is 324 g/mol. The zero-order chi connectivity index (χ0) is 13.4. The lowest BCUT2D eigenvalue weighted by Gasteiger charge is -2.23. The maximum atomic E-state index is 12.5. The summed E-state index contributed by atoms with van der Waals surface area (Å²) in [5, 5.41) is 0.528. The highest BCUT2D eigenvalue weighted by Gasteiger charge is 2.20. The van der Waals surface area contributed by atoms with Crippen LogP contribution in [-0.4, -0.2) is 22.8 Å². The SMILES string of the molecule is O=c1[nH]c2c(Br)cccc2c(=O)n1C1CCOCC1. The highest BCUT2D eigenvalue weighted by molar-refractivity contribution is 9.10. The molecule has 0 atom stereocenters. The van der Waals surface area contributed by atoms with Crippen molar-refractivity contribution in [1.82, 2.24) is 9.55 Å². The van der Waals surface area contributed by atoms with Gasteiger partial charge in [0.1, 0.15) is 0 Å². The van der Waals surface area contributed by atoms with E-state index in [4.69, 9.17) is 4.74 Å². The standard InChI is InChI=1S/C13H13BrN2O3/c14-10-3-1-2-9-11(10)15-13(18)16(12(9)17)8-4-6-19-7-5-8/h1-3,8H,4-7H2,(H,15,18). The van der Waals surface area contributed by atoms with Crippen LogP contribution in [0.25, 0.3) is 10.9 Å². The molecule has 1 aliphatic rings. The number of aromatic nitrogens is 2. The number of benzene rings is 1. The number of H-pyrrole nitrogens is 1. The Morgan fingerprint density at radius 1 is 1.26 bits per heavy atom. The molecule has 1 aliphatic heterocycles. The second kappa shape index (κ2) is 4.94. The largest absolute Gasteiger partial charge is 0.381 e. The lowest BCUT2D eigenvalue weighted by atomic mass is 10.1. The summed E-state index contributed by atoms with van der Waals surface area (Å²) in [7, 11) is 0. The number of fused-ring (bicyclic) bond motifs is 1. The molecule has 5 nitrogen and oxygen atoms in total. The first kappa shape index (κ1) is 12.6. The molecular weight excluding hydrogens is 312 g/mol. The summed E-state index contributed by atoms with van der Waals surface area (Å²) >= 11 is 3.35. The van der Waals surface area contributed by atoms with Crippen LogP contribution in [0.1, 0.15) is 18.9 Å². The number of aromatic amines is 1. The van der Waals surface area contributed by atoms with Gasteiger partial charge in [-0.3, -0.25) is 9.36 Å². The molecule has 0 spiro atoms. The molecule has 0 bridgehead atoms. The summed E-state index contributed by atoms with van der Waals surface area (Å²) in [5.74, 6) is 0. The van der Waals surface area contributed by atoms with Crippen molar-refractivity contribution in [3.8, 4) is 0 Å². The topological polar surface area (TPSA) is 64.1 Å². The second-order valence-corrected chi connectivity index (χ2v) is 5.47. The van der Waals surface area contributed by atoms with E-state index in [9.17, 15) is 9.59 Å². The number of halogens is 1. The van der Waals surface area contributed by atoms with Gasteiger partial charge in [-0.25, -0.2) is 4.79 Å². The van der Waals surface area contributed by atoms with Gasteiger partial charge < -0.3 is 9.72 Å². The third-order valence-electron chi connectivity index (χ3n) is 3.47. The minimum Gasteiger partial charge on any atom is -0.381 e. The molecule has 1 N–H and O–H groups in total. The lowest BCUT2D eigenvalue weighted by molar-refractivity contribution is 0.0676. The molecule has 19 heavy (non-hydrogen) atoms. The molecule has 0 unspecified atom stereocenters. The van der Waals surface area contributed by atoms with Crippen LogP contribution < -0.4 is 11.2 Å². The number of nitrogens with zero attached hydrogens (tertiary/aromatic N) is 1. The first-order chi connectivity index (χ1) is 9.18. The van der Waals surface area contributed by atoms with Crippen LogP contribution in [0.5, 0.6) is 0 Å². The Bertz CT molecular complexity index is 729. The zero-order valence-corrected chi connectivity index (χ0v) is 11.8. The van der Waals surface area contributed by atoms with Crippen LogP contribution in [0, 0.1) is 0 Å². The number of para-hydroxylation sites is 1. The maximum Gasteiger partial charge on any atom is 0.329 e. The predicted octanol–water partition coefficient (Wildman–Crippen LogP) is 1.80. The Balaban J connectivity index is 2.26. The van der Waals surface area contributed by atoms with Crippen molar-refractivity contribution in [3.63, 3.8) is 0 Å². The number of hydrogen-bond donors (Lipinski definition) is 1. The molecule has 0 saturated carbocycles. The molecule has 1 aromatic heterocycles. The van der Waals surface area contributed by atoms with Gasteiger partial charge in [0.25, 0.3) is 5.56 Å². The summed E-state index contributed by atoms with van der Waals surface area (Å²) in [6, 6.07) is 5.25. The fourth-order valence-electron chi connectivity index (χ4n) is 2.49. The van der Waals surface area contributed by atoms with E-state index in [0.717, 1.165) is 4.47 Å². The van der Waals surface area contributed by atoms with Gasteiger partial charge in [-0.05, 0) is 40.9 Å². The van der Waals surface area contributed by atoms with E-state index >= 15 is 0 Å². The third kappa shape index (κ3) is 2.15. The Morgan fingerprint density at radius 3 is 2.74 bits per heavy atom. The minimum absolute atomic E-state index is 0.0756. The summed E-state index contributed by atoms with van der Waals surface area (Å²) in [5.41, 5.74) is -0.0240. The number of ether oxygens (including phenoxy) is 1. The van der Waals surface area contributed by atoms with Gasteiger partial charge in [-0.2, -0.15) is 0 Å². The first-order valence-electron chi connectivity index (χ1n) is 6.19. The van der Waals surface area contributed by atoms with E-state index in [2.05, 4.69) is 20.9 Å². The van der Waals surface area contributed by atoms with E-state index in [1.807, 2.05) is 0 Å². The normalized spacial score (nSPS) is 16.9. The highest BCUT2D eigenvalue weighted by atomic mass is 79.9. The zero-order valence-electron chi connectivity index (χ0n) is 10.2. The van der Waals surface area contributed by atoms with Crippen molar-refractivity contribution in [2.45, 2.75) is 18.9 Å². The van der Waals surface area contributed by atoms with Gasteiger partial charge in [0.05, 0.1) is 10.9 Å². The average Bonchev–Trinajstić information content (AvgIpc) is 2.41. The molecule has 100 valence electrons. The van der Waals surface area contributed by atoms with Crippen LogP contribution in [-0.2, 0) is 4.74 Å². The molecule has 0 radical (unpaired) electrons. The van der Waals surface area contributed by atoms with Gasteiger partial charge in [0.15, 0.2) is 0 Å². The van der Waals surface area contributed by atoms with E-state index in [1.54, 1.807) is 18.2 Å². The summed E-state index contributed by atoms with van der Waals surface area (Å²) in [6.07, 6.45) is 1.39. The molecule has 1 aromatic carbocycles. The van der Waals surface area contributed by atoms with Crippen molar-refractivity contribution in [2.75, 3.05) is 13.2 Å². The first-order valence-corrected chi connectivity index (χ1v) is 6.98. The fraction of sp³-hybridized carbons (Fsp3) is 0.385. The average molecular weight is 325 g/mol. The van der Waals surface area contributed by atoms with Crippen LogP contribution in [0.4, 0.5) is 0 Å². The van der Waals surface area contributed by atoms with Crippen molar-refractivity contribution in [3.05, 3.63) is 43.5 Å². The van der Waals surface area contributed by atoms with Crippen molar-refractivity contribution < 1.29 is 4.74 Å². The maximum absolute atomic E-state index is 12.5. The van der Waals surface area contributed by atoms with Crippen molar-refractivity contribution in [2.24, 2.45) is 0 Å². The molecule has 3 rings (SSSR count). The summed E-state index contributed by atoms with van der Waals surface area (Å²) < 4.78 is 7.32. The van der Waals surface area contributed by atoms with Crippen LogP contribution >= 0.6 is 15.9 Å². The second-order valence-electron chi connectivity index (χ2n) is 4.61. The Labute approximate surface area is 117 Å². The molecule has 2 aromatic rings. The third-order valence-corrected chi connectivity index (χ3v) is 4.13. The van der Waals surface area contributed by atoms with Gasteiger partial charge in [-0.15, -0.1) is 0 Å². The molecule has 1 fully saturated rings. The van der Waals surface area contributed by atoms with E-state index in [0.29, 0.717) is 37.0 Å². The number of hydrogen-bond acceptors (Lipinski definition) is 3. The Hall–Kier alpha value is -1.40. The highest BCUT2D eigenvalue weighted by Crippen LogP contribution is 2.21. The summed E-state index contributed by atoms with van der Waals surface area (Å²) in [6.45, 7) is 1.18. The van der Waals surface area contributed by atoms with Gasteiger partial charge in [-0.1, -0.05) is 6.07 Å². The van der Waals surface area contributed by atoms with Crippen LogP contribution in [0.3, 0.4) is 0 Å². The molecule has 0 aliphatic carbocycles. The van der Waals surface area contributed by atoms with E-state index in [-0.39, 0.29) is 17.3 Å². The number of nitrogens with one attached hydrogen (secondary N) is 1. The van der Waals surface area contributed by atoms with E-state index < -0.39 is 0 Å². The van der Waals surface area contributed by atoms with E-state index in [1.165, 1.54) is 4.57 Å². The molecule has 0 amide bonds. The molecule has 1 saturated heterocycles. The Kier molecular flexibility index (Phi) is 3.28. The van der Waals surface area contributed by atoms with Crippen LogP contribution in [0.15, 0.2) is 32.3 Å². The predicted molar refractivity (Wildman–Crippen MR) is 75.6 cm³/mol. The van der Waals surface area contributed by atoms with Gasteiger partial charge in [0, 0.05) is 23.7 Å². The lowest BCUT2D eigenvalue weighted by Crippen LogP contribution is -2.40. The van der Waals surface area contributed by atoms with Crippen molar-refractivity contribution >= 4 is 26.8 Å². The van der Waals surface area contributed by atoms with Gasteiger partial charge >= 0.3 is 5.69 Å². The minimum atomic E-state index is -0.351.